The zero-order valence-electron chi connectivity index (χ0n) is 12.3. The van der Waals surface area contributed by atoms with Crippen molar-refractivity contribution in [2.24, 2.45) is 5.73 Å². The molecule has 0 spiro atoms. The van der Waals surface area contributed by atoms with Crippen LogP contribution in [0.25, 0.3) is 0 Å². The van der Waals surface area contributed by atoms with Gasteiger partial charge in [0.25, 0.3) is 0 Å². The van der Waals surface area contributed by atoms with E-state index >= 15 is 0 Å². The maximum atomic E-state index is 12.7. The Morgan fingerprint density at radius 2 is 1.95 bits per heavy atom. The van der Waals surface area contributed by atoms with Gasteiger partial charge in [-0.2, -0.15) is 9.40 Å². The van der Waals surface area contributed by atoms with Crippen LogP contribution >= 0.6 is 0 Å². The predicted octanol–water partition coefficient (Wildman–Crippen LogP) is 0.878. The summed E-state index contributed by atoms with van der Waals surface area (Å²) in [6, 6.07) is -0.0772. The molecule has 6 nitrogen and oxygen atoms in total. The van der Waals surface area contributed by atoms with E-state index in [4.69, 9.17) is 5.73 Å². The van der Waals surface area contributed by atoms with Gasteiger partial charge < -0.3 is 5.73 Å². The van der Waals surface area contributed by atoms with Crippen LogP contribution in [0.2, 0.25) is 0 Å². The Morgan fingerprint density at radius 3 is 2.37 bits per heavy atom. The lowest BCUT2D eigenvalue weighted by molar-refractivity contribution is 0.368. The number of nitrogens with zero attached hydrogens (tertiary/aromatic N) is 3. The summed E-state index contributed by atoms with van der Waals surface area (Å²) >= 11 is 0. The Bertz CT molecular complexity index is 534. The van der Waals surface area contributed by atoms with Crippen molar-refractivity contribution in [3.05, 3.63) is 11.4 Å². The molecule has 19 heavy (non-hydrogen) atoms. The molecule has 0 aliphatic rings. The van der Waals surface area contributed by atoms with E-state index < -0.39 is 10.0 Å². The minimum atomic E-state index is -3.50. The molecule has 0 unspecified atom stereocenters. The summed E-state index contributed by atoms with van der Waals surface area (Å²) < 4.78 is 28.6. The van der Waals surface area contributed by atoms with Crippen LogP contribution in [-0.4, -0.2) is 41.6 Å². The normalized spacial score (nSPS) is 12.6. The average Bonchev–Trinajstić information content (AvgIpc) is 2.54. The molecule has 0 aliphatic carbocycles. The first-order chi connectivity index (χ1) is 8.77. The van der Waals surface area contributed by atoms with Gasteiger partial charge in [0.05, 0.1) is 17.9 Å². The van der Waals surface area contributed by atoms with Gasteiger partial charge in [0.2, 0.25) is 10.0 Å². The zero-order chi connectivity index (χ0) is 14.8. The Hall–Kier alpha value is -0.920. The van der Waals surface area contributed by atoms with Crippen LogP contribution in [0, 0.1) is 13.8 Å². The third-order valence-corrected chi connectivity index (χ3v) is 5.51. The number of aromatic nitrogens is 2. The van der Waals surface area contributed by atoms with Gasteiger partial charge in [-0.3, -0.25) is 4.68 Å². The number of nitrogens with two attached hydrogens (primary N) is 1. The number of aryl methyl sites for hydroxylation is 1. The van der Waals surface area contributed by atoms with E-state index in [-0.39, 0.29) is 6.04 Å². The van der Waals surface area contributed by atoms with Crippen LogP contribution in [0.3, 0.4) is 0 Å². The summed E-state index contributed by atoms with van der Waals surface area (Å²) in [5.74, 6) is 0. The largest absolute Gasteiger partial charge is 0.329 e. The quantitative estimate of drug-likeness (QED) is 0.842. The van der Waals surface area contributed by atoms with Crippen LogP contribution < -0.4 is 5.73 Å². The van der Waals surface area contributed by atoms with E-state index in [1.54, 1.807) is 18.5 Å². The standard InChI is InChI=1S/C12H24N4O2S/c1-6-16(9(2)3)19(17,18)12-10(4)14-15(8-7-13)11(12)5/h9H,6-8,13H2,1-5H3. The Balaban J connectivity index is 3.36. The monoisotopic (exact) mass is 288 g/mol. The van der Waals surface area contributed by atoms with Crippen LogP contribution in [0.5, 0.6) is 0 Å². The lowest BCUT2D eigenvalue weighted by Gasteiger charge is -2.24. The highest BCUT2D eigenvalue weighted by molar-refractivity contribution is 7.89. The maximum Gasteiger partial charge on any atom is 0.246 e. The van der Waals surface area contributed by atoms with Crippen molar-refractivity contribution in [1.29, 1.82) is 0 Å². The smallest absolute Gasteiger partial charge is 0.246 e. The predicted molar refractivity (Wildman–Crippen MR) is 75.5 cm³/mol. The molecule has 1 rings (SSSR count). The third-order valence-electron chi connectivity index (χ3n) is 3.11. The summed E-state index contributed by atoms with van der Waals surface area (Å²) in [6.45, 7) is 10.5. The molecule has 0 amide bonds. The molecule has 0 fully saturated rings. The molecular weight excluding hydrogens is 264 g/mol. The molecule has 1 aromatic heterocycles. The van der Waals surface area contributed by atoms with Gasteiger partial charge in [-0.25, -0.2) is 8.42 Å². The lowest BCUT2D eigenvalue weighted by Crippen LogP contribution is -2.37. The molecule has 2 N–H and O–H groups in total. The fourth-order valence-corrected chi connectivity index (χ4v) is 4.35. The van der Waals surface area contributed by atoms with E-state index in [0.717, 1.165) is 0 Å². The van der Waals surface area contributed by atoms with Crippen molar-refractivity contribution in [2.75, 3.05) is 13.1 Å². The van der Waals surface area contributed by atoms with Crippen LogP contribution in [0.4, 0.5) is 0 Å². The molecule has 0 atom stereocenters. The van der Waals surface area contributed by atoms with Gasteiger partial charge in [-0.1, -0.05) is 6.92 Å². The summed E-state index contributed by atoms with van der Waals surface area (Å²) in [5, 5.41) is 4.27. The third kappa shape index (κ3) is 2.98. The minimum absolute atomic E-state index is 0.0772. The van der Waals surface area contributed by atoms with Crippen molar-refractivity contribution in [2.45, 2.75) is 52.1 Å². The van der Waals surface area contributed by atoms with Crippen LogP contribution in [-0.2, 0) is 16.6 Å². The summed E-state index contributed by atoms with van der Waals surface area (Å²) in [6.07, 6.45) is 0. The highest BCUT2D eigenvalue weighted by atomic mass is 32.2. The van der Waals surface area contributed by atoms with E-state index in [0.29, 0.717) is 35.9 Å². The molecule has 1 aromatic rings. The second kappa shape index (κ2) is 6.02. The van der Waals surface area contributed by atoms with E-state index in [2.05, 4.69) is 5.10 Å². The number of hydrogen-bond donors (Lipinski definition) is 1. The molecule has 0 radical (unpaired) electrons. The van der Waals surface area contributed by atoms with Gasteiger partial charge in [-0.15, -0.1) is 0 Å². The fourth-order valence-electron chi connectivity index (χ4n) is 2.32. The maximum absolute atomic E-state index is 12.7. The molecule has 1 heterocycles. The first-order valence-electron chi connectivity index (χ1n) is 6.53. The summed E-state index contributed by atoms with van der Waals surface area (Å²) in [7, 11) is -3.50. The molecule has 110 valence electrons. The molecule has 7 heteroatoms. The van der Waals surface area contributed by atoms with Gasteiger partial charge in [0.15, 0.2) is 0 Å². The second-order valence-corrected chi connectivity index (χ2v) is 6.64. The van der Waals surface area contributed by atoms with E-state index in [1.807, 2.05) is 20.8 Å². The van der Waals surface area contributed by atoms with Gasteiger partial charge >= 0.3 is 0 Å². The molecule has 0 bridgehead atoms. The van der Waals surface area contributed by atoms with Crippen LogP contribution in [0.1, 0.15) is 32.2 Å². The number of sulfonamides is 1. The SMILES string of the molecule is CCN(C(C)C)S(=O)(=O)c1c(C)nn(CCN)c1C. The zero-order valence-corrected chi connectivity index (χ0v) is 13.2. The number of hydrogen-bond acceptors (Lipinski definition) is 4. The molecule has 0 aromatic carbocycles. The summed E-state index contributed by atoms with van der Waals surface area (Å²) in [5.41, 5.74) is 6.70. The first kappa shape index (κ1) is 16.1. The highest BCUT2D eigenvalue weighted by Crippen LogP contribution is 2.24. The first-order valence-corrected chi connectivity index (χ1v) is 7.97. The number of rotatable bonds is 6. The molecule has 0 saturated carbocycles. The van der Waals surface area contributed by atoms with Crippen LogP contribution in [0.15, 0.2) is 4.90 Å². The minimum Gasteiger partial charge on any atom is -0.329 e. The van der Waals surface area contributed by atoms with Gasteiger partial charge in [0, 0.05) is 19.1 Å². The average molecular weight is 288 g/mol. The fraction of sp³-hybridized carbons (Fsp3) is 0.750. The van der Waals surface area contributed by atoms with E-state index in [1.165, 1.54) is 4.31 Å². The van der Waals surface area contributed by atoms with Crippen molar-refractivity contribution < 1.29 is 8.42 Å². The Morgan fingerprint density at radius 1 is 1.37 bits per heavy atom. The Labute approximate surface area is 115 Å². The van der Waals surface area contributed by atoms with Gasteiger partial charge in [-0.05, 0) is 27.7 Å². The summed E-state index contributed by atoms with van der Waals surface area (Å²) in [4.78, 5) is 0.316. The van der Waals surface area contributed by atoms with Gasteiger partial charge in [0.1, 0.15) is 4.90 Å². The molecule has 0 aliphatic heterocycles. The highest BCUT2D eigenvalue weighted by Gasteiger charge is 2.31. The lowest BCUT2D eigenvalue weighted by atomic mass is 10.4. The van der Waals surface area contributed by atoms with Crippen molar-refractivity contribution >= 4 is 10.0 Å². The van der Waals surface area contributed by atoms with Crippen molar-refractivity contribution in [3.63, 3.8) is 0 Å². The topological polar surface area (TPSA) is 81.2 Å². The van der Waals surface area contributed by atoms with Crippen molar-refractivity contribution in [1.82, 2.24) is 14.1 Å². The Kier molecular flexibility index (Phi) is 5.11. The second-order valence-electron chi connectivity index (χ2n) is 4.81. The van der Waals surface area contributed by atoms with E-state index in [9.17, 15) is 8.42 Å². The van der Waals surface area contributed by atoms with Crippen molar-refractivity contribution in [3.8, 4) is 0 Å². The molecular formula is C12H24N4O2S. The molecule has 0 saturated heterocycles.